The molecule has 4 heteroatoms. The van der Waals surface area contributed by atoms with Crippen molar-refractivity contribution >= 4 is 5.91 Å². The molecule has 0 spiro atoms. The van der Waals surface area contributed by atoms with Crippen LogP contribution in [0.3, 0.4) is 0 Å². The average molecular weight is 287 g/mol. The first-order valence-corrected chi connectivity index (χ1v) is 8.07. The van der Waals surface area contributed by atoms with Gasteiger partial charge < -0.3 is 11.1 Å². The lowest BCUT2D eigenvalue weighted by Crippen LogP contribution is -2.44. The molecule has 0 bridgehead atoms. The third-order valence-corrected chi connectivity index (χ3v) is 4.52. The summed E-state index contributed by atoms with van der Waals surface area (Å²) in [5.74, 6) is -0.211. The van der Waals surface area contributed by atoms with Crippen LogP contribution < -0.4 is 11.1 Å². The van der Waals surface area contributed by atoms with Gasteiger partial charge in [0.25, 0.3) is 0 Å². The van der Waals surface area contributed by atoms with Crippen LogP contribution in [0.15, 0.2) is 24.3 Å². The van der Waals surface area contributed by atoms with Gasteiger partial charge in [0.15, 0.2) is 0 Å². The number of benzene rings is 1. The molecule has 4 nitrogen and oxygen atoms in total. The second kappa shape index (κ2) is 6.58. The molecule has 3 rings (SSSR count). The smallest absolute Gasteiger partial charge is 0.234 e. The van der Waals surface area contributed by atoms with Crippen LogP contribution in [0.5, 0.6) is 0 Å². The standard InChI is InChI=1S/C17H25N3O/c18-17(21)16(19-15-7-8-15)9-11-20-10-3-6-13-4-1-2-5-14(13)12-20/h1-2,4-5,15-16,19H,3,6-12H2,(H2,18,21). The summed E-state index contributed by atoms with van der Waals surface area (Å²) in [6.07, 6.45) is 5.52. The molecule has 1 atom stereocenters. The molecule has 1 unspecified atom stereocenters. The predicted molar refractivity (Wildman–Crippen MR) is 83.8 cm³/mol. The van der Waals surface area contributed by atoms with E-state index in [-0.39, 0.29) is 11.9 Å². The second-order valence-electron chi connectivity index (χ2n) is 6.33. The van der Waals surface area contributed by atoms with Crippen LogP contribution in [-0.2, 0) is 17.8 Å². The van der Waals surface area contributed by atoms with Gasteiger partial charge in [0.05, 0.1) is 6.04 Å². The molecule has 1 aliphatic carbocycles. The van der Waals surface area contributed by atoms with Crippen molar-refractivity contribution in [2.45, 2.75) is 50.7 Å². The van der Waals surface area contributed by atoms with Crippen LogP contribution in [0.25, 0.3) is 0 Å². The number of nitrogens with zero attached hydrogens (tertiary/aromatic N) is 1. The van der Waals surface area contributed by atoms with E-state index < -0.39 is 0 Å². The van der Waals surface area contributed by atoms with Gasteiger partial charge in [0.2, 0.25) is 5.91 Å². The summed E-state index contributed by atoms with van der Waals surface area (Å²) < 4.78 is 0. The normalized spacial score (nSPS) is 20.6. The zero-order valence-corrected chi connectivity index (χ0v) is 12.6. The molecule has 1 aliphatic heterocycles. The van der Waals surface area contributed by atoms with E-state index in [4.69, 9.17) is 5.73 Å². The van der Waals surface area contributed by atoms with Crippen molar-refractivity contribution in [1.29, 1.82) is 0 Å². The lowest BCUT2D eigenvalue weighted by Gasteiger charge is -2.23. The molecule has 0 radical (unpaired) electrons. The number of aryl methyl sites for hydroxylation is 1. The van der Waals surface area contributed by atoms with Crippen molar-refractivity contribution in [2.75, 3.05) is 13.1 Å². The maximum Gasteiger partial charge on any atom is 0.234 e. The van der Waals surface area contributed by atoms with Crippen molar-refractivity contribution in [3.63, 3.8) is 0 Å². The highest BCUT2D eigenvalue weighted by molar-refractivity contribution is 5.79. The van der Waals surface area contributed by atoms with Gasteiger partial charge >= 0.3 is 0 Å². The number of fused-ring (bicyclic) bond motifs is 1. The maximum atomic E-state index is 11.5. The summed E-state index contributed by atoms with van der Waals surface area (Å²) in [6.45, 7) is 3.02. The Kier molecular flexibility index (Phi) is 4.56. The Labute approximate surface area is 126 Å². The number of nitrogens with one attached hydrogen (secondary N) is 1. The number of hydrogen-bond acceptors (Lipinski definition) is 3. The van der Waals surface area contributed by atoms with Gasteiger partial charge in [0.1, 0.15) is 0 Å². The largest absolute Gasteiger partial charge is 0.368 e. The summed E-state index contributed by atoms with van der Waals surface area (Å²) in [6, 6.07) is 9.05. The van der Waals surface area contributed by atoms with Gasteiger partial charge in [-0.05, 0) is 49.8 Å². The van der Waals surface area contributed by atoms with E-state index in [2.05, 4.69) is 34.5 Å². The second-order valence-corrected chi connectivity index (χ2v) is 6.33. The van der Waals surface area contributed by atoms with Gasteiger partial charge in [-0.25, -0.2) is 0 Å². The van der Waals surface area contributed by atoms with Gasteiger partial charge in [-0.2, -0.15) is 0 Å². The first-order valence-electron chi connectivity index (χ1n) is 8.07. The summed E-state index contributed by atoms with van der Waals surface area (Å²) >= 11 is 0. The number of hydrogen-bond donors (Lipinski definition) is 2. The van der Waals surface area contributed by atoms with E-state index >= 15 is 0 Å². The predicted octanol–water partition coefficient (Wildman–Crippen LogP) is 1.43. The molecule has 1 fully saturated rings. The Bertz CT molecular complexity index is 499. The SMILES string of the molecule is NC(=O)C(CCN1CCCc2ccccc2C1)NC1CC1. The van der Waals surface area contributed by atoms with E-state index in [0.29, 0.717) is 6.04 Å². The Morgan fingerprint density at radius 1 is 1.33 bits per heavy atom. The van der Waals surface area contributed by atoms with Gasteiger partial charge in [-0.15, -0.1) is 0 Å². The molecule has 0 aromatic heterocycles. The molecular formula is C17H25N3O. The van der Waals surface area contributed by atoms with Gasteiger partial charge in [0, 0.05) is 19.1 Å². The number of rotatable bonds is 6. The fraction of sp³-hybridized carbons (Fsp3) is 0.588. The van der Waals surface area contributed by atoms with E-state index in [1.807, 2.05) is 0 Å². The van der Waals surface area contributed by atoms with Crippen LogP contribution in [0.1, 0.15) is 36.8 Å². The van der Waals surface area contributed by atoms with E-state index in [1.54, 1.807) is 0 Å². The maximum absolute atomic E-state index is 11.5. The zero-order valence-electron chi connectivity index (χ0n) is 12.6. The summed E-state index contributed by atoms with van der Waals surface area (Å²) in [5, 5.41) is 3.36. The zero-order chi connectivity index (χ0) is 14.7. The molecule has 1 amide bonds. The van der Waals surface area contributed by atoms with Crippen LogP contribution >= 0.6 is 0 Å². The van der Waals surface area contributed by atoms with E-state index in [0.717, 1.165) is 32.5 Å². The third-order valence-electron chi connectivity index (χ3n) is 4.52. The molecule has 1 aromatic carbocycles. The lowest BCUT2D eigenvalue weighted by molar-refractivity contribution is -0.120. The molecule has 0 saturated heterocycles. The Hall–Kier alpha value is -1.39. The van der Waals surface area contributed by atoms with E-state index in [9.17, 15) is 4.79 Å². The first-order chi connectivity index (χ1) is 10.2. The quantitative estimate of drug-likeness (QED) is 0.832. The third kappa shape index (κ3) is 4.05. The van der Waals surface area contributed by atoms with Crippen molar-refractivity contribution in [1.82, 2.24) is 10.2 Å². The Balaban J connectivity index is 1.55. The van der Waals surface area contributed by atoms with Gasteiger partial charge in [-0.3, -0.25) is 9.69 Å². The molecule has 1 saturated carbocycles. The van der Waals surface area contributed by atoms with Crippen molar-refractivity contribution in [2.24, 2.45) is 5.73 Å². The Morgan fingerprint density at radius 3 is 2.81 bits per heavy atom. The lowest BCUT2D eigenvalue weighted by atomic mass is 10.0. The van der Waals surface area contributed by atoms with Crippen molar-refractivity contribution in [3.05, 3.63) is 35.4 Å². The molecular weight excluding hydrogens is 262 g/mol. The molecule has 21 heavy (non-hydrogen) atoms. The minimum Gasteiger partial charge on any atom is -0.368 e. The van der Waals surface area contributed by atoms with E-state index in [1.165, 1.54) is 30.4 Å². The van der Waals surface area contributed by atoms with Crippen LogP contribution in [0.4, 0.5) is 0 Å². The van der Waals surface area contributed by atoms with Crippen LogP contribution in [-0.4, -0.2) is 36.0 Å². The molecule has 2 aliphatic rings. The van der Waals surface area contributed by atoms with Crippen LogP contribution in [0, 0.1) is 0 Å². The monoisotopic (exact) mass is 287 g/mol. The number of primary amides is 1. The number of nitrogens with two attached hydrogens (primary N) is 1. The topological polar surface area (TPSA) is 58.4 Å². The van der Waals surface area contributed by atoms with Crippen LogP contribution in [0.2, 0.25) is 0 Å². The molecule has 114 valence electrons. The number of carbonyl (C=O) groups excluding carboxylic acids is 1. The minimum atomic E-state index is -0.211. The summed E-state index contributed by atoms with van der Waals surface area (Å²) in [7, 11) is 0. The first kappa shape index (κ1) is 14.5. The molecule has 1 aromatic rings. The number of carbonyl (C=O) groups is 1. The fourth-order valence-corrected chi connectivity index (χ4v) is 3.11. The summed E-state index contributed by atoms with van der Waals surface area (Å²) in [4.78, 5) is 14.0. The van der Waals surface area contributed by atoms with Gasteiger partial charge in [-0.1, -0.05) is 24.3 Å². The highest BCUT2D eigenvalue weighted by Gasteiger charge is 2.27. The number of amides is 1. The highest BCUT2D eigenvalue weighted by atomic mass is 16.1. The molecule has 3 N–H and O–H groups in total. The molecule has 1 heterocycles. The minimum absolute atomic E-state index is 0.170. The van der Waals surface area contributed by atoms with Crippen molar-refractivity contribution < 1.29 is 4.79 Å². The Morgan fingerprint density at radius 2 is 2.10 bits per heavy atom. The fourth-order valence-electron chi connectivity index (χ4n) is 3.11. The van der Waals surface area contributed by atoms with Crippen molar-refractivity contribution in [3.8, 4) is 0 Å². The summed E-state index contributed by atoms with van der Waals surface area (Å²) in [5.41, 5.74) is 8.42. The average Bonchev–Trinajstić information content (AvgIpc) is 3.29. The highest BCUT2D eigenvalue weighted by Crippen LogP contribution is 2.21.